The summed E-state index contributed by atoms with van der Waals surface area (Å²) < 4.78 is 20.0. The molecule has 1 aliphatic heterocycles. The summed E-state index contributed by atoms with van der Waals surface area (Å²) in [5, 5.41) is 8.28. The fraction of sp³-hybridized carbons (Fsp3) is 0.529. The van der Waals surface area contributed by atoms with E-state index in [2.05, 4.69) is 15.2 Å². The molecule has 2 aromatic rings. The average Bonchev–Trinajstić information content (AvgIpc) is 2.98. The highest BCUT2D eigenvalue weighted by molar-refractivity contribution is 5.15. The van der Waals surface area contributed by atoms with Crippen molar-refractivity contribution in [1.29, 1.82) is 0 Å². The summed E-state index contributed by atoms with van der Waals surface area (Å²) in [6.07, 6.45) is 4.35. The van der Waals surface area contributed by atoms with Gasteiger partial charge in [-0.15, -0.1) is 5.10 Å². The number of hydrogen-bond donors (Lipinski definition) is 0. The summed E-state index contributed by atoms with van der Waals surface area (Å²) >= 11 is 0. The smallest absolute Gasteiger partial charge is 0.123 e. The summed E-state index contributed by atoms with van der Waals surface area (Å²) in [4.78, 5) is 2.44. The Hall–Kier alpha value is -1.79. The van der Waals surface area contributed by atoms with Gasteiger partial charge in [0.25, 0.3) is 0 Å². The minimum Gasteiger partial charge on any atom is -0.378 e. The van der Waals surface area contributed by atoms with Crippen LogP contribution < -0.4 is 0 Å². The van der Waals surface area contributed by atoms with Crippen LogP contribution in [0.15, 0.2) is 30.5 Å². The van der Waals surface area contributed by atoms with Crippen molar-refractivity contribution >= 4 is 0 Å². The molecular weight excluding hydrogens is 295 g/mol. The summed E-state index contributed by atoms with van der Waals surface area (Å²) in [6.45, 7) is 4.40. The molecule has 0 bridgehead atoms. The Balaban J connectivity index is 1.54. The molecule has 3 rings (SSSR count). The molecule has 0 spiro atoms. The number of benzene rings is 1. The molecule has 0 radical (unpaired) electrons. The molecule has 2 heterocycles. The third-order valence-electron chi connectivity index (χ3n) is 4.25. The highest BCUT2D eigenvalue weighted by atomic mass is 19.1. The average molecular weight is 318 g/mol. The van der Waals surface area contributed by atoms with E-state index in [1.165, 1.54) is 25.0 Å². The van der Waals surface area contributed by atoms with Gasteiger partial charge in [0.15, 0.2) is 0 Å². The van der Waals surface area contributed by atoms with Gasteiger partial charge in [-0.3, -0.25) is 9.58 Å². The van der Waals surface area contributed by atoms with Crippen molar-refractivity contribution in [3.63, 3.8) is 0 Å². The van der Waals surface area contributed by atoms with Crippen molar-refractivity contribution in [2.24, 2.45) is 5.92 Å². The van der Waals surface area contributed by atoms with Gasteiger partial charge in [-0.25, -0.2) is 4.39 Å². The number of methoxy groups -OCH3 is 1. The Bertz CT molecular complexity index is 613. The van der Waals surface area contributed by atoms with Crippen LogP contribution in [-0.4, -0.2) is 40.1 Å². The number of halogens is 1. The standard InChI is InChI=1S/C17H23FN4O/c1-23-13-17-12-22(20-19-17)11-15-3-2-8-21(10-15)9-14-4-6-16(18)7-5-14/h4-7,12,15H,2-3,8-11,13H2,1H3. The highest BCUT2D eigenvalue weighted by Crippen LogP contribution is 2.20. The highest BCUT2D eigenvalue weighted by Gasteiger charge is 2.21. The lowest BCUT2D eigenvalue weighted by Gasteiger charge is -2.32. The molecule has 124 valence electrons. The zero-order valence-electron chi connectivity index (χ0n) is 13.5. The van der Waals surface area contributed by atoms with Gasteiger partial charge in [0.2, 0.25) is 0 Å². The first-order valence-corrected chi connectivity index (χ1v) is 8.07. The first-order valence-electron chi connectivity index (χ1n) is 8.07. The molecule has 1 aromatic carbocycles. The number of nitrogens with zero attached hydrogens (tertiary/aromatic N) is 4. The third-order valence-corrected chi connectivity index (χ3v) is 4.25. The first-order chi connectivity index (χ1) is 11.2. The van der Waals surface area contributed by atoms with E-state index in [4.69, 9.17) is 4.74 Å². The van der Waals surface area contributed by atoms with E-state index in [-0.39, 0.29) is 5.82 Å². The molecular formula is C17H23FN4O. The molecule has 1 unspecified atom stereocenters. The maximum Gasteiger partial charge on any atom is 0.123 e. The van der Waals surface area contributed by atoms with Gasteiger partial charge in [0, 0.05) is 26.7 Å². The Morgan fingerprint density at radius 3 is 2.91 bits per heavy atom. The second-order valence-corrected chi connectivity index (χ2v) is 6.23. The second kappa shape index (κ2) is 7.66. The summed E-state index contributed by atoms with van der Waals surface area (Å²) in [7, 11) is 1.66. The lowest BCUT2D eigenvalue weighted by atomic mass is 9.97. The molecule has 0 aliphatic carbocycles. The van der Waals surface area contributed by atoms with E-state index >= 15 is 0 Å². The van der Waals surface area contributed by atoms with E-state index in [0.29, 0.717) is 12.5 Å². The Morgan fingerprint density at radius 2 is 2.13 bits per heavy atom. The van der Waals surface area contributed by atoms with Crippen LogP contribution in [0.3, 0.4) is 0 Å². The maximum absolute atomic E-state index is 13.0. The van der Waals surface area contributed by atoms with Crippen molar-refractivity contribution in [3.05, 3.63) is 47.5 Å². The largest absolute Gasteiger partial charge is 0.378 e. The predicted molar refractivity (Wildman–Crippen MR) is 85.1 cm³/mol. The molecule has 1 fully saturated rings. The van der Waals surface area contributed by atoms with E-state index in [9.17, 15) is 4.39 Å². The Morgan fingerprint density at radius 1 is 1.30 bits per heavy atom. The molecule has 1 atom stereocenters. The van der Waals surface area contributed by atoms with E-state index in [1.54, 1.807) is 7.11 Å². The number of aromatic nitrogens is 3. The molecule has 0 N–H and O–H groups in total. The number of likely N-dealkylation sites (tertiary alicyclic amines) is 1. The van der Waals surface area contributed by atoms with Crippen molar-refractivity contribution in [2.45, 2.75) is 32.5 Å². The molecule has 5 nitrogen and oxygen atoms in total. The molecule has 1 saturated heterocycles. The van der Waals surface area contributed by atoms with Gasteiger partial charge >= 0.3 is 0 Å². The van der Waals surface area contributed by atoms with Crippen LogP contribution in [-0.2, 0) is 24.4 Å². The molecule has 1 aliphatic rings. The minimum atomic E-state index is -0.177. The van der Waals surface area contributed by atoms with E-state index in [0.717, 1.165) is 37.4 Å². The van der Waals surface area contributed by atoms with Gasteiger partial charge in [-0.2, -0.15) is 0 Å². The second-order valence-electron chi connectivity index (χ2n) is 6.23. The molecule has 23 heavy (non-hydrogen) atoms. The topological polar surface area (TPSA) is 43.2 Å². The van der Waals surface area contributed by atoms with Gasteiger partial charge in [-0.05, 0) is 43.0 Å². The first kappa shape index (κ1) is 16.1. The summed E-state index contributed by atoms with van der Waals surface area (Å²) in [6, 6.07) is 6.80. The van der Waals surface area contributed by atoms with Crippen LogP contribution in [0.4, 0.5) is 4.39 Å². The van der Waals surface area contributed by atoms with Gasteiger partial charge in [0.1, 0.15) is 11.5 Å². The van der Waals surface area contributed by atoms with Crippen molar-refractivity contribution in [3.8, 4) is 0 Å². The number of piperidine rings is 1. The van der Waals surface area contributed by atoms with Crippen LogP contribution in [0, 0.1) is 11.7 Å². The quantitative estimate of drug-likeness (QED) is 0.821. The van der Waals surface area contributed by atoms with Crippen LogP contribution >= 0.6 is 0 Å². The number of ether oxygens (including phenoxy) is 1. The van der Waals surface area contributed by atoms with Crippen LogP contribution in [0.1, 0.15) is 24.1 Å². The monoisotopic (exact) mass is 318 g/mol. The SMILES string of the molecule is COCc1cn(CC2CCCN(Cc3ccc(F)cc3)C2)nn1. The minimum absolute atomic E-state index is 0.177. The normalized spacial score (nSPS) is 19.1. The van der Waals surface area contributed by atoms with Crippen LogP contribution in [0.5, 0.6) is 0 Å². The Labute approximate surface area is 136 Å². The van der Waals surface area contributed by atoms with Crippen LogP contribution in [0.2, 0.25) is 0 Å². The summed E-state index contributed by atoms with van der Waals surface area (Å²) in [5.74, 6) is 0.393. The van der Waals surface area contributed by atoms with Crippen LogP contribution in [0.25, 0.3) is 0 Å². The maximum atomic E-state index is 13.0. The van der Waals surface area contributed by atoms with Gasteiger partial charge < -0.3 is 4.74 Å². The van der Waals surface area contributed by atoms with Crippen molar-refractivity contribution in [2.75, 3.05) is 20.2 Å². The molecule has 6 heteroatoms. The van der Waals surface area contributed by atoms with E-state index < -0.39 is 0 Å². The zero-order chi connectivity index (χ0) is 16.1. The van der Waals surface area contributed by atoms with Crippen molar-refractivity contribution in [1.82, 2.24) is 19.9 Å². The summed E-state index contributed by atoms with van der Waals surface area (Å²) in [5.41, 5.74) is 2.03. The molecule has 0 amide bonds. The predicted octanol–water partition coefficient (Wildman–Crippen LogP) is 2.48. The van der Waals surface area contributed by atoms with Gasteiger partial charge in [0.05, 0.1) is 12.8 Å². The number of hydrogen-bond acceptors (Lipinski definition) is 4. The number of rotatable bonds is 6. The molecule has 0 saturated carbocycles. The molecule has 1 aromatic heterocycles. The fourth-order valence-corrected chi connectivity index (χ4v) is 3.20. The van der Waals surface area contributed by atoms with E-state index in [1.807, 2.05) is 23.0 Å². The fourth-order valence-electron chi connectivity index (χ4n) is 3.20. The van der Waals surface area contributed by atoms with Gasteiger partial charge in [-0.1, -0.05) is 17.3 Å². The Kier molecular flexibility index (Phi) is 5.35. The lowest BCUT2D eigenvalue weighted by Crippen LogP contribution is -2.36. The van der Waals surface area contributed by atoms with Crippen molar-refractivity contribution < 1.29 is 9.13 Å². The third kappa shape index (κ3) is 4.59. The zero-order valence-corrected chi connectivity index (χ0v) is 13.5. The lowest BCUT2D eigenvalue weighted by molar-refractivity contribution is 0.152.